The molecule has 262 valence electrons. The maximum atomic E-state index is 9.64. The molecule has 1 heterocycles. The predicted octanol–water partition coefficient (Wildman–Crippen LogP) is 7.85. The summed E-state index contributed by atoms with van der Waals surface area (Å²) in [5.41, 5.74) is 6.67. The number of allylic oxidation sites excluding steroid dienone is 2. The first kappa shape index (κ1) is 49.0. The fourth-order valence-corrected chi connectivity index (χ4v) is 4.83. The summed E-state index contributed by atoms with van der Waals surface area (Å²) in [5.74, 6) is -1.20. The summed E-state index contributed by atoms with van der Waals surface area (Å²) in [6, 6.07) is 0. The van der Waals surface area contributed by atoms with Gasteiger partial charge in [-0.15, -0.1) is 0 Å². The number of hydrogen-bond donors (Lipinski definition) is 4. The summed E-state index contributed by atoms with van der Waals surface area (Å²) in [7, 11) is 0. The first-order valence-corrected chi connectivity index (χ1v) is 18.3. The van der Waals surface area contributed by atoms with Gasteiger partial charge in [0.15, 0.2) is 0 Å². The zero-order chi connectivity index (χ0) is 33.6. The SMILES string of the molecule is CCCCCCCCCCCCCCCC=Cc1ncc(CCN)[nH]1.O=C(O)CCC(=O)O.[CH-]=CCCCCCCCCCC.[Na+]. The zero-order valence-corrected chi connectivity index (χ0v) is 32.2. The fraction of sp³-hybridized carbons (Fsp3) is 0.763. The zero-order valence-electron chi connectivity index (χ0n) is 30.2. The van der Waals surface area contributed by atoms with Crippen LogP contribution in [0.4, 0.5) is 0 Å². The molecular formula is C38H70N3NaO4. The third kappa shape index (κ3) is 42.6. The number of nitrogens with one attached hydrogen (secondary N) is 1. The van der Waals surface area contributed by atoms with E-state index in [4.69, 9.17) is 22.5 Å². The van der Waals surface area contributed by atoms with Gasteiger partial charge in [0.1, 0.15) is 5.82 Å². The third-order valence-corrected chi connectivity index (χ3v) is 7.59. The number of nitrogens with two attached hydrogens (primary N) is 1. The predicted molar refractivity (Wildman–Crippen MR) is 191 cm³/mol. The van der Waals surface area contributed by atoms with Gasteiger partial charge in [0.25, 0.3) is 0 Å². The molecule has 0 saturated carbocycles. The number of hydrogen-bond acceptors (Lipinski definition) is 4. The van der Waals surface area contributed by atoms with Crippen LogP contribution in [0.1, 0.15) is 186 Å². The van der Waals surface area contributed by atoms with Crippen LogP contribution in [-0.2, 0) is 16.0 Å². The minimum atomic E-state index is -1.08. The quantitative estimate of drug-likeness (QED) is 0.0395. The van der Waals surface area contributed by atoms with Crippen LogP contribution < -0.4 is 35.3 Å². The number of carboxylic acid groups (broad SMARTS) is 2. The van der Waals surface area contributed by atoms with Crippen molar-refractivity contribution in [2.45, 2.75) is 181 Å². The molecule has 8 heteroatoms. The molecule has 1 aromatic rings. The Kier molecular flexibility index (Phi) is 44.3. The average Bonchev–Trinajstić information content (AvgIpc) is 3.47. The molecule has 0 aromatic carbocycles. The van der Waals surface area contributed by atoms with Crippen LogP contribution >= 0.6 is 0 Å². The van der Waals surface area contributed by atoms with Gasteiger partial charge in [0.05, 0.1) is 12.8 Å². The normalized spacial score (nSPS) is 10.4. The molecule has 0 amide bonds. The Morgan fingerprint density at radius 2 is 1.11 bits per heavy atom. The molecule has 0 aliphatic rings. The van der Waals surface area contributed by atoms with Crippen LogP contribution in [0.5, 0.6) is 0 Å². The molecule has 0 atom stereocenters. The van der Waals surface area contributed by atoms with Gasteiger partial charge in [0, 0.05) is 18.3 Å². The minimum absolute atomic E-state index is 0. The maximum absolute atomic E-state index is 9.64. The van der Waals surface area contributed by atoms with E-state index in [0.717, 1.165) is 30.8 Å². The van der Waals surface area contributed by atoms with Crippen LogP contribution in [0.3, 0.4) is 0 Å². The molecular weight excluding hydrogens is 585 g/mol. The summed E-state index contributed by atoms with van der Waals surface area (Å²) in [5, 5.41) is 15.8. The van der Waals surface area contributed by atoms with Crippen molar-refractivity contribution in [2.75, 3.05) is 6.54 Å². The van der Waals surface area contributed by atoms with Crippen molar-refractivity contribution >= 4 is 18.0 Å². The molecule has 0 radical (unpaired) electrons. The van der Waals surface area contributed by atoms with Crippen molar-refractivity contribution in [3.05, 3.63) is 36.4 Å². The largest absolute Gasteiger partial charge is 1.00 e. The van der Waals surface area contributed by atoms with E-state index < -0.39 is 11.9 Å². The Morgan fingerprint density at radius 3 is 1.48 bits per heavy atom. The topological polar surface area (TPSA) is 129 Å². The van der Waals surface area contributed by atoms with Gasteiger partial charge in [0.2, 0.25) is 0 Å². The Bertz CT molecular complexity index is 800. The monoisotopic (exact) mass is 656 g/mol. The van der Waals surface area contributed by atoms with Crippen LogP contribution in [0.15, 0.2) is 18.3 Å². The van der Waals surface area contributed by atoms with E-state index in [1.807, 2.05) is 6.20 Å². The van der Waals surface area contributed by atoms with Gasteiger partial charge in [-0.2, -0.15) is 0 Å². The summed E-state index contributed by atoms with van der Waals surface area (Å²) in [6.07, 6.45) is 40.0. The molecule has 5 N–H and O–H groups in total. The first-order chi connectivity index (χ1) is 21.9. The molecule has 0 spiro atoms. The number of H-pyrrole nitrogens is 1. The number of nitrogens with zero attached hydrogens (tertiary/aromatic N) is 1. The van der Waals surface area contributed by atoms with Gasteiger partial charge in [-0.1, -0.05) is 155 Å². The van der Waals surface area contributed by atoms with Crippen LogP contribution in [-0.4, -0.2) is 38.7 Å². The van der Waals surface area contributed by atoms with E-state index in [1.54, 1.807) is 6.08 Å². The number of aliphatic carboxylic acids is 2. The fourth-order valence-electron chi connectivity index (χ4n) is 4.83. The Labute approximate surface area is 305 Å². The summed E-state index contributed by atoms with van der Waals surface area (Å²) in [6.45, 7) is 10.5. The Hall–Kier alpha value is -1.41. The van der Waals surface area contributed by atoms with Gasteiger partial charge in [-0.3, -0.25) is 15.7 Å². The third-order valence-electron chi connectivity index (χ3n) is 7.59. The van der Waals surface area contributed by atoms with Crippen molar-refractivity contribution in [1.82, 2.24) is 9.97 Å². The van der Waals surface area contributed by atoms with E-state index >= 15 is 0 Å². The molecule has 1 aromatic heterocycles. The number of carbonyl (C=O) groups is 2. The van der Waals surface area contributed by atoms with E-state index in [1.165, 1.54) is 135 Å². The smallest absolute Gasteiger partial charge is 0.518 e. The summed E-state index contributed by atoms with van der Waals surface area (Å²) < 4.78 is 0. The molecule has 7 nitrogen and oxygen atoms in total. The number of aromatic amines is 1. The molecule has 0 aliphatic carbocycles. The van der Waals surface area contributed by atoms with Crippen molar-refractivity contribution in [3.8, 4) is 0 Å². The second-order valence-corrected chi connectivity index (χ2v) is 12.1. The van der Waals surface area contributed by atoms with Gasteiger partial charge < -0.3 is 27.5 Å². The number of unbranched alkanes of at least 4 members (excludes halogenated alkanes) is 21. The molecule has 0 bridgehead atoms. The summed E-state index contributed by atoms with van der Waals surface area (Å²) >= 11 is 0. The molecule has 1 rings (SSSR count). The van der Waals surface area contributed by atoms with Gasteiger partial charge >= 0.3 is 41.5 Å². The number of imidazole rings is 1. The molecule has 0 saturated heterocycles. The molecule has 46 heavy (non-hydrogen) atoms. The minimum Gasteiger partial charge on any atom is -0.518 e. The van der Waals surface area contributed by atoms with Gasteiger partial charge in [-0.05, 0) is 25.5 Å². The second-order valence-electron chi connectivity index (χ2n) is 12.1. The van der Waals surface area contributed by atoms with E-state index in [0.29, 0.717) is 6.54 Å². The molecule has 0 aliphatic heterocycles. The number of rotatable bonds is 29. The van der Waals surface area contributed by atoms with Crippen LogP contribution in [0.2, 0.25) is 0 Å². The molecule has 0 unspecified atom stereocenters. The Balaban J connectivity index is -0.000000730. The number of carboxylic acids is 2. The number of aromatic nitrogens is 2. The van der Waals surface area contributed by atoms with Crippen LogP contribution in [0, 0.1) is 6.58 Å². The van der Waals surface area contributed by atoms with Gasteiger partial charge in [-0.25, -0.2) is 4.98 Å². The standard InChI is InChI=1S/C22H41N3.C12H23.C4H6O4.Na/c1-2-3-4-5-6-7-8-9-10-11-12-13-14-15-16-17-22-24-20-21(25-22)18-19-23;1-3-5-7-9-11-12-10-8-6-4-2;5-3(6)1-2-4(7)8;/h16-17,20H,2-15,18-19,23H2,1H3,(H,24,25);1,3H,4-12H2,2H3;1-2H2,(H,5,6)(H,7,8);/q;-1;;+1. The van der Waals surface area contributed by atoms with Crippen molar-refractivity contribution in [1.29, 1.82) is 0 Å². The van der Waals surface area contributed by atoms with Crippen LogP contribution in [0.25, 0.3) is 6.08 Å². The second kappa shape index (κ2) is 41.6. The maximum Gasteiger partial charge on any atom is 1.00 e. The van der Waals surface area contributed by atoms with E-state index in [9.17, 15) is 9.59 Å². The molecule has 0 fully saturated rings. The first-order valence-electron chi connectivity index (χ1n) is 18.3. The van der Waals surface area contributed by atoms with Crippen molar-refractivity contribution in [2.24, 2.45) is 5.73 Å². The summed E-state index contributed by atoms with van der Waals surface area (Å²) in [4.78, 5) is 26.9. The van der Waals surface area contributed by atoms with Crippen molar-refractivity contribution < 1.29 is 49.4 Å². The Morgan fingerprint density at radius 1 is 0.717 bits per heavy atom. The van der Waals surface area contributed by atoms with Crippen molar-refractivity contribution in [3.63, 3.8) is 0 Å². The average molecular weight is 656 g/mol. The van der Waals surface area contributed by atoms with E-state index in [-0.39, 0.29) is 42.4 Å². The van der Waals surface area contributed by atoms with E-state index in [2.05, 4.69) is 36.0 Å².